The third kappa shape index (κ3) is 3.24. The molecule has 0 saturated heterocycles. The predicted molar refractivity (Wildman–Crippen MR) is 75.2 cm³/mol. The van der Waals surface area contributed by atoms with E-state index in [2.05, 4.69) is 9.97 Å². The molecule has 0 saturated carbocycles. The zero-order valence-electron chi connectivity index (χ0n) is 10.8. The van der Waals surface area contributed by atoms with Crippen LogP contribution in [0.5, 0.6) is 5.75 Å². The van der Waals surface area contributed by atoms with E-state index in [1.165, 1.54) is 6.20 Å². The number of halogens is 1. The van der Waals surface area contributed by atoms with Gasteiger partial charge in [-0.05, 0) is 18.6 Å². The molecule has 0 radical (unpaired) electrons. The number of rotatable bonds is 5. The molecule has 5 nitrogen and oxygen atoms in total. The highest BCUT2D eigenvalue weighted by Gasteiger charge is 2.12. The van der Waals surface area contributed by atoms with Crippen LogP contribution in [0.1, 0.15) is 23.7 Å². The second-order valence-electron chi connectivity index (χ2n) is 4.08. The van der Waals surface area contributed by atoms with Crippen LogP contribution in [-0.4, -0.2) is 27.7 Å². The highest BCUT2D eigenvalue weighted by molar-refractivity contribution is 6.32. The van der Waals surface area contributed by atoms with Gasteiger partial charge in [-0.2, -0.15) is 0 Å². The van der Waals surface area contributed by atoms with Crippen molar-refractivity contribution >= 4 is 17.6 Å². The molecule has 0 aliphatic heterocycles. The summed E-state index contributed by atoms with van der Waals surface area (Å²) < 4.78 is 5.53. The first-order valence-electron chi connectivity index (χ1n) is 6.11. The van der Waals surface area contributed by atoms with E-state index in [9.17, 15) is 4.79 Å². The predicted octanol–water partition coefficient (Wildman–Crippen LogP) is 3.28. The third-order valence-corrected chi connectivity index (χ3v) is 2.83. The fourth-order valence-electron chi connectivity index (χ4n) is 1.59. The van der Waals surface area contributed by atoms with Gasteiger partial charge in [-0.15, -0.1) is 0 Å². The normalized spacial score (nSPS) is 10.3. The minimum Gasteiger partial charge on any atom is -0.494 e. The van der Waals surface area contributed by atoms with Crippen LogP contribution in [0, 0.1) is 0 Å². The van der Waals surface area contributed by atoms with Crippen LogP contribution in [0.4, 0.5) is 0 Å². The van der Waals surface area contributed by atoms with E-state index in [4.69, 9.17) is 21.4 Å². The van der Waals surface area contributed by atoms with Gasteiger partial charge in [-0.1, -0.05) is 30.7 Å². The molecule has 6 heteroatoms. The van der Waals surface area contributed by atoms with Crippen LogP contribution in [0.15, 0.2) is 30.5 Å². The maximum atomic E-state index is 10.9. The monoisotopic (exact) mass is 292 g/mol. The lowest BCUT2D eigenvalue weighted by Crippen LogP contribution is -2.02. The number of ether oxygens (including phenoxy) is 1. The maximum absolute atomic E-state index is 10.9. The number of carboxylic acid groups (broad SMARTS) is 1. The Balaban J connectivity index is 2.31. The molecule has 0 atom stereocenters. The molecule has 1 heterocycles. The molecule has 2 rings (SSSR count). The van der Waals surface area contributed by atoms with Gasteiger partial charge in [-0.3, -0.25) is 0 Å². The van der Waals surface area contributed by atoms with Gasteiger partial charge in [0.2, 0.25) is 0 Å². The topological polar surface area (TPSA) is 72.3 Å². The first-order valence-corrected chi connectivity index (χ1v) is 6.48. The Labute approximate surface area is 121 Å². The minimum absolute atomic E-state index is 0.0811. The van der Waals surface area contributed by atoms with Gasteiger partial charge in [0, 0.05) is 11.8 Å². The number of nitrogens with zero attached hydrogens (tertiary/aromatic N) is 2. The van der Waals surface area contributed by atoms with Gasteiger partial charge in [0.05, 0.1) is 6.61 Å². The Morgan fingerprint density at radius 2 is 2.25 bits per heavy atom. The van der Waals surface area contributed by atoms with E-state index in [-0.39, 0.29) is 10.7 Å². The van der Waals surface area contributed by atoms with Gasteiger partial charge in [-0.25, -0.2) is 14.8 Å². The number of hydrogen-bond donors (Lipinski definition) is 1. The van der Waals surface area contributed by atoms with Crippen LogP contribution in [0.3, 0.4) is 0 Å². The van der Waals surface area contributed by atoms with Gasteiger partial charge < -0.3 is 9.84 Å². The fourth-order valence-corrected chi connectivity index (χ4v) is 1.80. The van der Waals surface area contributed by atoms with E-state index in [0.717, 1.165) is 12.0 Å². The second kappa shape index (κ2) is 6.34. The standard InChI is InChI=1S/C14H13ClN2O3/c1-2-6-20-10-5-3-4-9(7-10)13-16-8-11(14(18)19)12(15)17-13/h3-5,7-8H,2,6H2,1H3,(H,18,19). The van der Waals surface area contributed by atoms with Gasteiger partial charge >= 0.3 is 5.97 Å². The van der Waals surface area contributed by atoms with Gasteiger partial charge in [0.15, 0.2) is 5.82 Å². The summed E-state index contributed by atoms with van der Waals surface area (Å²) in [6, 6.07) is 7.27. The van der Waals surface area contributed by atoms with Crippen molar-refractivity contribution in [1.82, 2.24) is 9.97 Å². The molecule has 0 unspecified atom stereocenters. The molecule has 0 aliphatic rings. The van der Waals surface area contributed by atoms with Gasteiger partial charge in [0.25, 0.3) is 0 Å². The highest BCUT2D eigenvalue weighted by Crippen LogP contribution is 2.23. The highest BCUT2D eigenvalue weighted by atomic mass is 35.5. The molecule has 0 aliphatic carbocycles. The average molecular weight is 293 g/mol. The van der Waals surface area contributed by atoms with Crippen molar-refractivity contribution in [1.29, 1.82) is 0 Å². The molecule has 0 amide bonds. The van der Waals surface area contributed by atoms with E-state index in [1.807, 2.05) is 25.1 Å². The van der Waals surface area contributed by atoms with Crippen molar-refractivity contribution in [2.24, 2.45) is 0 Å². The van der Waals surface area contributed by atoms with Crippen LogP contribution >= 0.6 is 11.6 Å². The van der Waals surface area contributed by atoms with E-state index >= 15 is 0 Å². The zero-order chi connectivity index (χ0) is 14.5. The Hall–Kier alpha value is -2.14. The van der Waals surface area contributed by atoms with Crippen molar-refractivity contribution in [2.45, 2.75) is 13.3 Å². The lowest BCUT2D eigenvalue weighted by Gasteiger charge is -2.07. The lowest BCUT2D eigenvalue weighted by molar-refractivity contribution is 0.0696. The number of carbonyl (C=O) groups is 1. The van der Waals surface area contributed by atoms with E-state index in [1.54, 1.807) is 6.07 Å². The van der Waals surface area contributed by atoms with Crippen LogP contribution < -0.4 is 4.74 Å². The van der Waals surface area contributed by atoms with Crippen molar-refractivity contribution in [3.05, 3.63) is 41.2 Å². The SMILES string of the molecule is CCCOc1cccc(-c2ncc(C(=O)O)c(Cl)n2)c1. The summed E-state index contributed by atoms with van der Waals surface area (Å²) in [5.41, 5.74) is 0.603. The van der Waals surface area contributed by atoms with Crippen molar-refractivity contribution in [3.63, 3.8) is 0 Å². The summed E-state index contributed by atoms with van der Waals surface area (Å²) in [5, 5.41) is 8.80. The smallest absolute Gasteiger partial charge is 0.340 e. The molecule has 0 bridgehead atoms. The summed E-state index contributed by atoms with van der Waals surface area (Å²) in [5.74, 6) is -0.0742. The van der Waals surface area contributed by atoms with Crippen molar-refractivity contribution in [2.75, 3.05) is 6.61 Å². The Morgan fingerprint density at radius 1 is 1.45 bits per heavy atom. The largest absolute Gasteiger partial charge is 0.494 e. The quantitative estimate of drug-likeness (QED) is 0.856. The summed E-state index contributed by atoms with van der Waals surface area (Å²) in [6.45, 7) is 2.65. The van der Waals surface area contributed by atoms with Crippen LogP contribution in [0.2, 0.25) is 5.15 Å². The number of benzene rings is 1. The maximum Gasteiger partial charge on any atom is 0.340 e. The molecule has 104 valence electrons. The number of aromatic nitrogens is 2. The molecule has 2 aromatic rings. The van der Waals surface area contributed by atoms with Crippen molar-refractivity contribution < 1.29 is 14.6 Å². The molecule has 20 heavy (non-hydrogen) atoms. The Kier molecular flexibility index (Phi) is 4.53. The molecule has 0 spiro atoms. The Bertz CT molecular complexity index is 632. The second-order valence-corrected chi connectivity index (χ2v) is 4.44. The number of aromatic carboxylic acids is 1. The molecule has 0 fully saturated rings. The van der Waals surface area contributed by atoms with E-state index in [0.29, 0.717) is 18.2 Å². The number of hydrogen-bond acceptors (Lipinski definition) is 4. The number of carboxylic acids is 1. The molecular formula is C14H13ClN2O3. The zero-order valence-corrected chi connectivity index (χ0v) is 11.6. The third-order valence-electron chi connectivity index (χ3n) is 2.54. The summed E-state index contributed by atoms with van der Waals surface area (Å²) >= 11 is 5.83. The molecule has 1 N–H and O–H groups in total. The molecular weight excluding hydrogens is 280 g/mol. The first-order chi connectivity index (χ1) is 9.61. The lowest BCUT2D eigenvalue weighted by atomic mass is 10.2. The van der Waals surface area contributed by atoms with Crippen LogP contribution in [-0.2, 0) is 0 Å². The molecule has 1 aromatic heterocycles. The molecule has 1 aromatic carbocycles. The van der Waals surface area contributed by atoms with Crippen LogP contribution in [0.25, 0.3) is 11.4 Å². The summed E-state index contributed by atoms with van der Waals surface area (Å²) in [6.07, 6.45) is 2.12. The minimum atomic E-state index is -1.15. The first kappa shape index (κ1) is 14.3. The van der Waals surface area contributed by atoms with Crippen molar-refractivity contribution in [3.8, 4) is 17.1 Å². The van der Waals surface area contributed by atoms with Gasteiger partial charge in [0.1, 0.15) is 16.5 Å². The average Bonchev–Trinajstić information content (AvgIpc) is 2.45. The summed E-state index contributed by atoms with van der Waals surface area (Å²) in [4.78, 5) is 18.9. The summed E-state index contributed by atoms with van der Waals surface area (Å²) in [7, 11) is 0. The Morgan fingerprint density at radius 3 is 2.90 bits per heavy atom. The fraction of sp³-hybridized carbons (Fsp3) is 0.214. The van der Waals surface area contributed by atoms with E-state index < -0.39 is 5.97 Å².